The van der Waals surface area contributed by atoms with Crippen LogP contribution in [0.25, 0.3) is 0 Å². The van der Waals surface area contributed by atoms with Crippen molar-refractivity contribution in [3.05, 3.63) is 0 Å². The van der Waals surface area contributed by atoms with Gasteiger partial charge in [-0.05, 0) is 26.3 Å². The van der Waals surface area contributed by atoms with Crippen LogP contribution >= 0.6 is 0 Å². The Hall–Kier alpha value is -0.590. The van der Waals surface area contributed by atoms with E-state index in [1.807, 2.05) is 7.05 Å². The van der Waals surface area contributed by atoms with Crippen molar-refractivity contribution in [2.75, 3.05) is 13.7 Å². The summed E-state index contributed by atoms with van der Waals surface area (Å²) in [6.07, 6.45) is 6.28. The molecule has 1 saturated carbocycles. The van der Waals surface area contributed by atoms with E-state index in [1.165, 1.54) is 25.7 Å². The maximum absolute atomic E-state index is 8.65. The molecule has 1 unspecified atom stereocenters. The molecule has 3 heteroatoms. The third kappa shape index (κ3) is 3.75. The molecule has 1 aliphatic carbocycles. The lowest BCUT2D eigenvalue weighted by molar-refractivity contribution is 0.0547. The van der Waals surface area contributed by atoms with Crippen molar-refractivity contribution in [1.29, 1.82) is 5.26 Å². The Bertz CT molecular complexity index is 170. The van der Waals surface area contributed by atoms with Gasteiger partial charge in [-0.2, -0.15) is 5.26 Å². The van der Waals surface area contributed by atoms with E-state index in [-0.39, 0.29) is 6.04 Å². The van der Waals surface area contributed by atoms with Crippen molar-refractivity contribution in [2.45, 2.75) is 44.2 Å². The fourth-order valence-electron chi connectivity index (χ4n) is 1.68. The largest absolute Gasteiger partial charge is 0.378 e. The monoisotopic (exact) mass is 182 g/mol. The summed E-state index contributed by atoms with van der Waals surface area (Å²) in [5.74, 6) is 0. The molecule has 1 aliphatic rings. The molecule has 13 heavy (non-hydrogen) atoms. The zero-order valence-electron chi connectivity index (χ0n) is 8.25. The molecule has 0 bridgehead atoms. The van der Waals surface area contributed by atoms with Crippen LogP contribution in [0, 0.1) is 11.3 Å². The first kappa shape index (κ1) is 10.5. The molecule has 0 aromatic rings. The number of ether oxygens (including phenoxy) is 1. The summed E-state index contributed by atoms with van der Waals surface area (Å²) in [7, 11) is 1.81. The van der Waals surface area contributed by atoms with E-state index < -0.39 is 0 Å². The second-order valence-corrected chi connectivity index (χ2v) is 3.54. The van der Waals surface area contributed by atoms with Gasteiger partial charge in [-0.1, -0.05) is 12.8 Å². The molecule has 1 N–H and O–H groups in total. The molecule has 3 nitrogen and oxygen atoms in total. The molecular weight excluding hydrogens is 164 g/mol. The van der Waals surface area contributed by atoms with Crippen LogP contribution in [0.15, 0.2) is 0 Å². The molecule has 1 fully saturated rings. The van der Waals surface area contributed by atoms with Crippen LogP contribution in [0.4, 0.5) is 0 Å². The molecule has 0 radical (unpaired) electrons. The Morgan fingerprint density at radius 2 is 2.23 bits per heavy atom. The minimum absolute atomic E-state index is 0.0543. The van der Waals surface area contributed by atoms with E-state index >= 15 is 0 Å². The van der Waals surface area contributed by atoms with Crippen molar-refractivity contribution in [1.82, 2.24) is 5.32 Å². The number of hydrogen-bond acceptors (Lipinski definition) is 3. The molecule has 1 rings (SSSR count). The fraction of sp³-hybridized carbons (Fsp3) is 0.900. The van der Waals surface area contributed by atoms with E-state index in [9.17, 15) is 0 Å². The Morgan fingerprint density at radius 3 is 2.77 bits per heavy atom. The number of nitrogens with zero attached hydrogens (tertiary/aromatic N) is 1. The van der Waals surface area contributed by atoms with Crippen LogP contribution in [0.1, 0.15) is 32.1 Å². The number of nitrogens with one attached hydrogen (secondary N) is 1. The molecular formula is C10H18N2O. The Morgan fingerprint density at radius 1 is 1.54 bits per heavy atom. The first-order valence-electron chi connectivity index (χ1n) is 5.05. The molecule has 74 valence electrons. The number of rotatable bonds is 5. The van der Waals surface area contributed by atoms with Crippen molar-refractivity contribution in [3.63, 3.8) is 0 Å². The van der Waals surface area contributed by atoms with E-state index in [1.54, 1.807) is 0 Å². The highest BCUT2D eigenvalue weighted by molar-refractivity contribution is 4.88. The zero-order chi connectivity index (χ0) is 9.52. The van der Waals surface area contributed by atoms with Gasteiger partial charge in [0.15, 0.2) is 0 Å². The third-order valence-corrected chi connectivity index (χ3v) is 2.57. The van der Waals surface area contributed by atoms with E-state index in [0.29, 0.717) is 12.7 Å². The molecule has 1 atom stereocenters. The molecule has 0 aromatic carbocycles. The molecule has 0 amide bonds. The summed E-state index contributed by atoms with van der Waals surface area (Å²) in [4.78, 5) is 0. The van der Waals surface area contributed by atoms with E-state index in [4.69, 9.17) is 10.00 Å². The second-order valence-electron chi connectivity index (χ2n) is 3.54. The normalized spacial score (nSPS) is 20.0. The van der Waals surface area contributed by atoms with Crippen molar-refractivity contribution in [2.24, 2.45) is 0 Å². The van der Waals surface area contributed by atoms with Crippen molar-refractivity contribution >= 4 is 0 Å². The lowest BCUT2D eigenvalue weighted by Crippen LogP contribution is -2.25. The summed E-state index contributed by atoms with van der Waals surface area (Å²) in [6.45, 7) is 0.712. The standard InChI is InChI=1S/C10H18N2O/c1-12-9(8-11)6-7-13-10-4-2-3-5-10/h9-10,12H,2-7H2,1H3. The van der Waals surface area contributed by atoms with Crippen LogP contribution in [0.2, 0.25) is 0 Å². The van der Waals surface area contributed by atoms with Gasteiger partial charge in [0, 0.05) is 6.61 Å². The minimum Gasteiger partial charge on any atom is -0.378 e. The maximum atomic E-state index is 8.65. The van der Waals surface area contributed by atoms with Crippen LogP contribution in [0.5, 0.6) is 0 Å². The fourth-order valence-corrected chi connectivity index (χ4v) is 1.68. The molecule has 0 spiro atoms. The summed E-state index contributed by atoms with van der Waals surface area (Å²) >= 11 is 0. The molecule has 0 aliphatic heterocycles. The van der Waals surface area contributed by atoms with Crippen LogP contribution in [-0.2, 0) is 4.74 Å². The number of hydrogen-bond donors (Lipinski definition) is 1. The highest BCUT2D eigenvalue weighted by Crippen LogP contribution is 2.20. The molecule has 0 saturated heterocycles. The molecule has 0 aromatic heterocycles. The lowest BCUT2D eigenvalue weighted by Gasteiger charge is -2.12. The predicted molar refractivity (Wildman–Crippen MR) is 51.3 cm³/mol. The zero-order valence-corrected chi connectivity index (χ0v) is 8.25. The van der Waals surface area contributed by atoms with Crippen molar-refractivity contribution in [3.8, 4) is 6.07 Å². The quantitative estimate of drug-likeness (QED) is 0.700. The van der Waals surface area contributed by atoms with Crippen LogP contribution in [-0.4, -0.2) is 25.8 Å². The Kier molecular flexibility index (Phi) is 4.81. The Labute approximate surface area is 80.1 Å². The second kappa shape index (κ2) is 5.95. The van der Waals surface area contributed by atoms with Gasteiger partial charge in [0.25, 0.3) is 0 Å². The lowest BCUT2D eigenvalue weighted by atomic mass is 10.2. The van der Waals surface area contributed by atoms with Crippen LogP contribution in [0.3, 0.4) is 0 Å². The maximum Gasteiger partial charge on any atom is 0.0972 e. The first-order valence-corrected chi connectivity index (χ1v) is 5.05. The van der Waals surface area contributed by atoms with Gasteiger partial charge in [0.1, 0.15) is 0 Å². The summed E-state index contributed by atoms with van der Waals surface area (Å²) in [5, 5.41) is 11.6. The smallest absolute Gasteiger partial charge is 0.0972 e. The third-order valence-electron chi connectivity index (χ3n) is 2.57. The van der Waals surface area contributed by atoms with Gasteiger partial charge in [-0.15, -0.1) is 0 Å². The van der Waals surface area contributed by atoms with Gasteiger partial charge in [-0.3, -0.25) is 0 Å². The average Bonchev–Trinajstić information content (AvgIpc) is 2.65. The number of nitriles is 1. The first-order chi connectivity index (χ1) is 6.36. The summed E-state index contributed by atoms with van der Waals surface area (Å²) < 4.78 is 5.65. The SMILES string of the molecule is CNC(C#N)CCOC1CCCC1. The highest BCUT2D eigenvalue weighted by Gasteiger charge is 2.15. The van der Waals surface area contributed by atoms with Gasteiger partial charge in [0.05, 0.1) is 18.2 Å². The van der Waals surface area contributed by atoms with Gasteiger partial charge in [-0.25, -0.2) is 0 Å². The van der Waals surface area contributed by atoms with Crippen LogP contribution < -0.4 is 5.32 Å². The summed E-state index contributed by atoms with van der Waals surface area (Å²) in [6, 6.07) is 2.13. The topological polar surface area (TPSA) is 45.0 Å². The summed E-state index contributed by atoms with van der Waals surface area (Å²) in [5.41, 5.74) is 0. The Balaban J connectivity index is 2.02. The average molecular weight is 182 g/mol. The van der Waals surface area contributed by atoms with E-state index in [0.717, 1.165) is 6.42 Å². The highest BCUT2D eigenvalue weighted by atomic mass is 16.5. The molecule has 0 heterocycles. The predicted octanol–water partition coefficient (Wildman–Crippen LogP) is 1.45. The minimum atomic E-state index is -0.0543. The van der Waals surface area contributed by atoms with Gasteiger partial charge < -0.3 is 10.1 Å². The van der Waals surface area contributed by atoms with Crippen molar-refractivity contribution < 1.29 is 4.74 Å². The van der Waals surface area contributed by atoms with Gasteiger partial charge >= 0.3 is 0 Å². The van der Waals surface area contributed by atoms with Gasteiger partial charge in [0.2, 0.25) is 0 Å². The van der Waals surface area contributed by atoms with E-state index in [2.05, 4.69) is 11.4 Å².